The van der Waals surface area contributed by atoms with Crippen molar-refractivity contribution < 1.29 is 4.39 Å². The van der Waals surface area contributed by atoms with Gasteiger partial charge in [0.1, 0.15) is 9.90 Å². The summed E-state index contributed by atoms with van der Waals surface area (Å²) in [6.45, 7) is 13.0. The molecule has 3 heterocycles. The fourth-order valence-electron chi connectivity index (χ4n) is 4.67. The van der Waals surface area contributed by atoms with Crippen molar-refractivity contribution in [2.24, 2.45) is 0 Å². The molecule has 1 spiro atoms. The third kappa shape index (κ3) is 4.93. The third-order valence-corrected chi connectivity index (χ3v) is 9.72. The molecule has 0 aromatic heterocycles. The van der Waals surface area contributed by atoms with Crippen LogP contribution in [0.25, 0.3) is 0 Å². The van der Waals surface area contributed by atoms with Crippen molar-refractivity contribution in [3.8, 4) is 0 Å². The highest BCUT2D eigenvalue weighted by atomic mass is 35.5. The van der Waals surface area contributed by atoms with E-state index in [0.717, 1.165) is 56.6 Å². The van der Waals surface area contributed by atoms with Crippen LogP contribution in [0.2, 0.25) is 5.02 Å². The molecule has 5 rings (SSSR count). The van der Waals surface area contributed by atoms with E-state index < -0.39 is 0 Å². The molecule has 0 N–H and O–H groups in total. The quantitative estimate of drug-likeness (QED) is 0.537. The number of benzene rings is 2. The summed E-state index contributed by atoms with van der Waals surface area (Å²) >= 11 is 10.8. The van der Waals surface area contributed by atoms with Gasteiger partial charge in [-0.05, 0) is 35.9 Å². The van der Waals surface area contributed by atoms with E-state index in [1.807, 2.05) is 18.2 Å². The Labute approximate surface area is 198 Å². The predicted molar refractivity (Wildman–Crippen MR) is 135 cm³/mol. The molecule has 0 atom stereocenters. The van der Waals surface area contributed by atoms with Gasteiger partial charge < -0.3 is 4.90 Å². The normalized spacial score (nSPS) is 20.9. The summed E-state index contributed by atoms with van der Waals surface area (Å²) in [7, 11) is 0. The molecular weight excluding hydrogens is 449 g/mol. The van der Waals surface area contributed by atoms with Crippen molar-refractivity contribution in [2.45, 2.75) is 10.6 Å². The first kappa shape index (κ1) is 23.0. The molecule has 0 aliphatic carbocycles. The number of nitrogens with zero attached hydrogens (tertiary/aromatic N) is 3. The Morgan fingerprint density at radius 1 is 0.935 bits per heavy atom. The Morgan fingerprint density at radius 2 is 1.61 bits per heavy atom. The number of piperazine rings is 1. The SMILES string of the molecule is C=C.Fc1ccc(N2CCN(CN3Cc4cccc(Cl)c4C4(C3)SCCS4)CC2)cc1. The number of fused-ring (bicyclic) bond motifs is 2. The van der Waals surface area contributed by atoms with Crippen LogP contribution in [-0.2, 0) is 10.6 Å². The fraction of sp³-hybridized carbons (Fsp3) is 0.417. The van der Waals surface area contributed by atoms with Crippen LogP contribution in [0.15, 0.2) is 55.6 Å². The molecule has 3 aliphatic rings. The standard InChI is InChI=1S/C22H25ClFN3S2.C2H4/c23-20-3-1-2-17-14-26(15-22(21(17)20)28-12-13-29-22)16-25-8-10-27(11-9-25)19-6-4-18(24)5-7-19;1-2/h1-7H,8-16H2;1-2H2. The number of rotatable bonds is 3. The molecule has 3 nitrogen and oxygen atoms in total. The zero-order valence-corrected chi connectivity index (χ0v) is 20.1. The van der Waals surface area contributed by atoms with E-state index in [0.29, 0.717) is 0 Å². The summed E-state index contributed by atoms with van der Waals surface area (Å²) in [5, 5.41) is 0.928. The smallest absolute Gasteiger partial charge is 0.123 e. The zero-order valence-electron chi connectivity index (χ0n) is 17.7. The van der Waals surface area contributed by atoms with Crippen LogP contribution in [-0.4, -0.2) is 60.7 Å². The lowest BCUT2D eigenvalue weighted by molar-refractivity contribution is 0.111. The fourth-order valence-corrected chi connectivity index (χ4v) is 8.62. The highest BCUT2D eigenvalue weighted by molar-refractivity contribution is 8.20. The van der Waals surface area contributed by atoms with E-state index in [4.69, 9.17) is 11.6 Å². The van der Waals surface area contributed by atoms with Gasteiger partial charge in [-0.1, -0.05) is 23.7 Å². The summed E-state index contributed by atoms with van der Waals surface area (Å²) in [6, 6.07) is 13.3. The first-order chi connectivity index (χ1) is 15.1. The van der Waals surface area contributed by atoms with Crippen LogP contribution in [0.3, 0.4) is 0 Å². The molecule has 2 aromatic rings. The first-order valence-electron chi connectivity index (χ1n) is 10.6. The summed E-state index contributed by atoms with van der Waals surface area (Å²) in [5.41, 5.74) is 3.87. The van der Waals surface area contributed by atoms with Crippen molar-refractivity contribution in [1.29, 1.82) is 0 Å². The minimum atomic E-state index is -0.172. The van der Waals surface area contributed by atoms with Gasteiger partial charge in [0.05, 0.1) is 6.67 Å². The molecule has 0 unspecified atom stereocenters. The van der Waals surface area contributed by atoms with Crippen molar-refractivity contribution in [3.63, 3.8) is 0 Å². The van der Waals surface area contributed by atoms with Gasteiger partial charge in [0.25, 0.3) is 0 Å². The van der Waals surface area contributed by atoms with Crippen LogP contribution >= 0.6 is 35.1 Å². The summed E-state index contributed by atoms with van der Waals surface area (Å²) < 4.78 is 13.3. The van der Waals surface area contributed by atoms with Gasteiger partial charge in [-0.2, -0.15) is 0 Å². The second-order valence-electron chi connectivity index (χ2n) is 7.93. The second kappa shape index (κ2) is 10.2. The van der Waals surface area contributed by atoms with Crippen molar-refractivity contribution in [3.05, 3.63) is 77.6 Å². The molecule has 2 fully saturated rings. The van der Waals surface area contributed by atoms with Crippen LogP contribution in [0.4, 0.5) is 10.1 Å². The predicted octanol–water partition coefficient (Wildman–Crippen LogP) is 5.51. The highest BCUT2D eigenvalue weighted by Crippen LogP contribution is 2.56. The maximum atomic E-state index is 13.2. The van der Waals surface area contributed by atoms with Gasteiger partial charge in [-0.25, -0.2) is 4.39 Å². The lowest BCUT2D eigenvalue weighted by Crippen LogP contribution is -2.52. The highest BCUT2D eigenvalue weighted by Gasteiger charge is 2.45. The topological polar surface area (TPSA) is 9.72 Å². The first-order valence-corrected chi connectivity index (χ1v) is 13.0. The Hall–Kier alpha value is -1.18. The Morgan fingerprint density at radius 3 is 2.29 bits per heavy atom. The summed E-state index contributed by atoms with van der Waals surface area (Å²) in [4.78, 5) is 7.50. The second-order valence-corrected chi connectivity index (χ2v) is 11.4. The van der Waals surface area contributed by atoms with Crippen molar-refractivity contribution in [1.82, 2.24) is 9.80 Å². The maximum Gasteiger partial charge on any atom is 0.123 e. The van der Waals surface area contributed by atoms with Gasteiger partial charge in [0.15, 0.2) is 0 Å². The molecule has 2 aromatic carbocycles. The molecule has 7 heteroatoms. The van der Waals surface area contributed by atoms with Crippen molar-refractivity contribution >= 4 is 40.8 Å². The molecule has 0 bridgehead atoms. The molecule has 0 amide bonds. The third-order valence-electron chi connectivity index (χ3n) is 6.02. The van der Waals surface area contributed by atoms with Crippen LogP contribution < -0.4 is 4.90 Å². The Balaban J connectivity index is 0.00000112. The minimum Gasteiger partial charge on any atom is -0.369 e. The number of thioether (sulfide) groups is 2. The van der Waals surface area contributed by atoms with Gasteiger partial charge in [-0.3, -0.25) is 9.80 Å². The number of hydrogen-bond acceptors (Lipinski definition) is 5. The zero-order chi connectivity index (χ0) is 21.8. The van der Waals surface area contributed by atoms with E-state index in [2.05, 4.69) is 63.5 Å². The van der Waals surface area contributed by atoms with Crippen LogP contribution in [0.5, 0.6) is 0 Å². The van der Waals surface area contributed by atoms with Crippen LogP contribution in [0, 0.1) is 5.82 Å². The number of anilines is 1. The molecule has 31 heavy (non-hydrogen) atoms. The van der Waals surface area contributed by atoms with E-state index in [1.165, 1.54) is 22.6 Å². The average Bonchev–Trinajstić information content (AvgIpc) is 3.24. The maximum absolute atomic E-state index is 13.2. The van der Waals surface area contributed by atoms with Gasteiger partial charge >= 0.3 is 0 Å². The summed E-state index contributed by atoms with van der Waals surface area (Å²) in [6.07, 6.45) is 0. The van der Waals surface area contributed by atoms with E-state index in [9.17, 15) is 4.39 Å². The molecule has 0 radical (unpaired) electrons. The van der Waals surface area contributed by atoms with E-state index in [-0.39, 0.29) is 9.90 Å². The van der Waals surface area contributed by atoms with Crippen molar-refractivity contribution in [2.75, 3.05) is 55.8 Å². The van der Waals surface area contributed by atoms with Crippen LogP contribution in [0.1, 0.15) is 11.1 Å². The monoisotopic (exact) mass is 477 g/mol. The minimum absolute atomic E-state index is 0.0852. The molecule has 3 aliphatic heterocycles. The van der Waals surface area contributed by atoms with E-state index >= 15 is 0 Å². The molecular formula is C24H29ClFN3S2. The summed E-state index contributed by atoms with van der Waals surface area (Å²) in [5.74, 6) is 2.22. The average molecular weight is 478 g/mol. The lowest BCUT2D eigenvalue weighted by atomic mass is 9.99. The van der Waals surface area contributed by atoms with E-state index in [1.54, 1.807) is 12.1 Å². The lowest BCUT2D eigenvalue weighted by Gasteiger charge is -2.44. The van der Waals surface area contributed by atoms with Gasteiger partial charge in [-0.15, -0.1) is 36.7 Å². The Bertz CT molecular complexity index is 881. The molecule has 2 saturated heterocycles. The molecule has 166 valence electrons. The van der Waals surface area contributed by atoms with Gasteiger partial charge in [0, 0.05) is 67.0 Å². The number of halogens is 2. The van der Waals surface area contributed by atoms with Gasteiger partial charge in [0.2, 0.25) is 0 Å². The molecule has 0 saturated carbocycles. The Kier molecular flexibility index (Phi) is 7.55. The number of hydrogen-bond donors (Lipinski definition) is 0. The largest absolute Gasteiger partial charge is 0.369 e.